The van der Waals surface area contributed by atoms with Crippen molar-refractivity contribution in [1.29, 1.82) is 0 Å². The third kappa shape index (κ3) is 4.54. The van der Waals surface area contributed by atoms with E-state index in [1.807, 2.05) is 12.1 Å². The molecule has 1 aromatic heterocycles. The molecule has 0 radical (unpaired) electrons. The predicted octanol–water partition coefficient (Wildman–Crippen LogP) is 3.65. The number of aromatic carboxylic acids is 1. The van der Waals surface area contributed by atoms with Crippen molar-refractivity contribution in [3.63, 3.8) is 0 Å². The second-order valence-corrected chi connectivity index (χ2v) is 6.12. The summed E-state index contributed by atoms with van der Waals surface area (Å²) in [5, 5.41) is 17.2. The van der Waals surface area contributed by atoms with Gasteiger partial charge in [-0.3, -0.25) is 0 Å². The molecule has 26 heavy (non-hydrogen) atoms. The van der Waals surface area contributed by atoms with Crippen molar-refractivity contribution in [2.45, 2.75) is 17.6 Å². The number of carboxylic acid groups (broad SMARTS) is 1. The number of carboxylic acids is 1. The van der Waals surface area contributed by atoms with Gasteiger partial charge in [-0.15, -0.1) is 10.2 Å². The third-order valence-electron chi connectivity index (χ3n) is 3.43. The van der Waals surface area contributed by atoms with E-state index < -0.39 is 5.97 Å². The van der Waals surface area contributed by atoms with Crippen LogP contribution in [0.1, 0.15) is 21.8 Å². The minimum absolute atomic E-state index is 0.140. The van der Waals surface area contributed by atoms with E-state index >= 15 is 0 Å². The summed E-state index contributed by atoms with van der Waals surface area (Å²) in [6, 6.07) is 14.0. The van der Waals surface area contributed by atoms with Gasteiger partial charge < -0.3 is 19.0 Å². The highest BCUT2D eigenvalue weighted by molar-refractivity contribution is 7.98. The monoisotopic (exact) mass is 372 g/mol. The van der Waals surface area contributed by atoms with Crippen LogP contribution in [0.25, 0.3) is 0 Å². The topological polar surface area (TPSA) is 94.7 Å². The van der Waals surface area contributed by atoms with Crippen LogP contribution in [0.4, 0.5) is 0 Å². The zero-order valence-electron chi connectivity index (χ0n) is 13.9. The van der Waals surface area contributed by atoms with E-state index in [-0.39, 0.29) is 12.2 Å². The smallest absolute Gasteiger partial charge is 0.335 e. The summed E-state index contributed by atoms with van der Waals surface area (Å²) >= 11 is 1.37. The zero-order chi connectivity index (χ0) is 18.4. The first-order chi connectivity index (χ1) is 12.7. The van der Waals surface area contributed by atoms with Crippen LogP contribution >= 0.6 is 11.8 Å². The van der Waals surface area contributed by atoms with Crippen LogP contribution in [0.15, 0.2) is 58.2 Å². The maximum absolute atomic E-state index is 10.8. The highest BCUT2D eigenvalue weighted by Gasteiger charge is 2.10. The molecule has 134 valence electrons. The van der Waals surface area contributed by atoms with Crippen molar-refractivity contribution in [3.05, 3.63) is 65.5 Å². The Morgan fingerprint density at radius 3 is 2.54 bits per heavy atom. The summed E-state index contributed by atoms with van der Waals surface area (Å²) in [5.74, 6) is 1.24. The fraction of sp³-hybridized carbons (Fsp3) is 0.167. The number of ether oxygens (including phenoxy) is 2. The van der Waals surface area contributed by atoms with Crippen molar-refractivity contribution in [1.82, 2.24) is 10.2 Å². The first-order valence-electron chi connectivity index (χ1n) is 7.69. The SMILES string of the molecule is COc1ccccc1OCc1nnc(SCc2ccc(C(=O)O)cc2)o1. The molecule has 0 saturated heterocycles. The molecule has 1 heterocycles. The van der Waals surface area contributed by atoms with Gasteiger partial charge in [0.15, 0.2) is 18.1 Å². The van der Waals surface area contributed by atoms with Gasteiger partial charge in [0, 0.05) is 5.75 Å². The summed E-state index contributed by atoms with van der Waals surface area (Å²) in [6.45, 7) is 0.140. The Morgan fingerprint density at radius 2 is 1.85 bits per heavy atom. The highest BCUT2D eigenvalue weighted by atomic mass is 32.2. The van der Waals surface area contributed by atoms with Gasteiger partial charge in [0.25, 0.3) is 11.1 Å². The Bertz CT molecular complexity index is 879. The van der Waals surface area contributed by atoms with Crippen molar-refractivity contribution in [2.24, 2.45) is 0 Å². The second-order valence-electron chi connectivity index (χ2n) is 5.19. The first kappa shape index (κ1) is 17.8. The summed E-state index contributed by atoms with van der Waals surface area (Å²) in [5.41, 5.74) is 1.22. The predicted molar refractivity (Wildman–Crippen MR) is 94.6 cm³/mol. The van der Waals surface area contributed by atoms with Gasteiger partial charge in [-0.05, 0) is 29.8 Å². The number of aromatic nitrogens is 2. The fourth-order valence-corrected chi connectivity index (χ4v) is 2.86. The molecule has 0 unspecified atom stereocenters. The van der Waals surface area contributed by atoms with Crippen molar-refractivity contribution in [3.8, 4) is 11.5 Å². The number of benzene rings is 2. The van der Waals surface area contributed by atoms with E-state index in [1.165, 1.54) is 11.8 Å². The van der Waals surface area contributed by atoms with Crippen LogP contribution < -0.4 is 9.47 Å². The number of hydrogen-bond acceptors (Lipinski definition) is 7. The zero-order valence-corrected chi connectivity index (χ0v) is 14.7. The number of methoxy groups -OCH3 is 1. The summed E-state index contributed by atoms with van der Waals surface area (Å²) in [6.07, 6.45) is 0. The van der Waals surface area contributed by atoms with E-state index in [2.05, 4.69) is 10.2 Å². The molecule has 0 amide bonds. The maximum Gasteiger partial charge on any atom is 0.335 e. The molecule has 0 fully saturated rings. The Hall–Kier alpha value is -3.00. The fourth-order valence-electron chi connectivity index (χ4n) is 2.12. The lowest BCUT2D eigenvalue weighted by Crippen LogP contribution is -1.97. The molecule has 2 aromatic carbocycles. The Labute approximate surface area is 154 Å². The lowest BCUT2D eigenvalue weighted by Gasteiger charge is -2.07. The largest absolute Gasteiger partial charge is 0.493 e. The standard InChI is InChI=1S/C18H16N2O5S/c1-23-14-4-2-3-5-15(14)24-10-16-19-20-18(25-16)26-11-12-6-8-13(9-7-12)17(21)22/h2-9H,10-11H2,1H3,(H,21,22). The highest BCUT2D eigenvalue weighted by Crippen LogP contribution is 2.27. The molecule has 3 rings (SSSR count). The van der Waals surface area contributed by atoms with E-state index in [4.69, 9.17) is 19.0 Å². The number of hydrogen-bond donors (Lipinski definition) is 1. The number of carbonyl (C=O) groups is 1. The van der Waals surface area contributed by atoms with Crippen molar-refractivity contribution < 1.29 is 23.8 Å². The molecule has 0 aliphatic carbocycles. The van der Waals surface area contributed by atoms with Crippen LogP contribution in [0.2, 0.25) is 0 Å². The first-order valence-corrected chi connectivity index (χ1v) is 8.67. The minimum atomic E-state index is -0.944. The number of thioether (sulfide) groups is 1. The molecular formula is C18H16N2O5S. The molecule has 7 nitrogen and oxygen atoms in total. The summed E-state index contributed by atoms with van der Waals surface area (Å²) < 4.78 is 16.4. The average Bonchev–Trinajstić information content (AvgIpc) is 3.13. The van der Waals surface area contributed by atoms with Crippen LogP contribution in [0, 0.1) is 0 Å². The lowest BCUT2D eigenvalue weighted by atomic mass is 10.1. The van der Waals surface area contributed by atoms with Crippen LogP contribution in [0.5, 0.6) is 11.5 Å². The number of nitrogens with zero attached hydrogens (tertiary/aromatic N) is 2. The molecule has 0 spiro atoms. The molecule has 8 heteroatoms. The van der Waals surface area contributed by atoms with Gasteiger partial charge in [-0.25, -0.2) is 4.79 Å². The lowest BCUT2D eigenvalue weighted by molar-refractivity contribution is 0.0697. The Balaban J connectivity index is 1.53. The number of para-hydroxylation sites is 2. The van der Waals surface area contributed by atoms with Gasteiger partial charge in [-0.2, -0.15) is 0 Å². The van der Waals surface area contributed by atoms with Gasteiger partial charge in [-0.1, -0.05) is 36.0 Å². The van der Waals surface area contributed by atoms with Crippen LogP contribution in [-0.2, 0) is 12.4 Å². The van der Waals surface area contributed by atoms with Crippen molar-refractivity contribution in [2.75, 3.05) is 7.11 Å². The van der Waals surface area contributed by atoms with Crippen molar-refractivity contribution >= 4 is 17.7 Å². The van der Waals surface area contributed by atoms with Gasteiger partial charge in [0.1, 0.15) is 0 Å². The third-order valence-corrected chi connectivity index (χ3v) is 4.32. The molecule has 0 aliphatic rings. The molecule has 0 atom stereocenters. The Kier molecular flexibility index (Phi) is 5.75. The van der Waals surface area contributed by atoms with E-state index in [0.29, 0.717) is 28.4 Å². The van der Waals surface area contributed by atoms with E-state index in [1.54, 1.807) is 43.5 Å². The minimum Gasteiger partial charge on any atom is -0.493 e. The summed E-state index contributed by atoms with van der Waals surface area (Å²) in [7, 11) is 1.58. The van der Waals surface area contributed by atoms with Gasteiger partial charge >= 0.3 is 5.97 Å². The second kappa shape index (κ2) is 8.39. The normalized spacial score (nSPS) is 10.5. The van der Waals surface area contributed by atoms with Gasteiger partial charge in [0.05, 0.1) is 12.7 Å². The average molecular weight is 372 g/mol. The van der Waals surface area contributed by atoms with Gasteiger partial charge in [0.2, 0.25) is 0 Å². The molecule has 3 aromatic rings. The Morgan fingerprint density at radius 1 is 1.12 bits per heavy atom. The number of rotatable bonds is 8. The van der Waals surface area contributed by atoms with E-state index in [9.17, 15) is 4.79 Å². The van der Waals surface area contributed by atoms with E-state index in [0.717, 1.165) is 5.56 Å². The molecule has 0 bridgehead atoms. The molecule has 0 saturated carbocycles. The van der Waals surface area contributed by atoms with Crippen LogP contribution in [0.3, 0.4) is 0 Å². The molecule has 1 N–H and O–H groups in total. The van der Waals surface area contributed by atoms with Crippen LogP contribution in [-0.4, -0.2) is 28.4 Å². The molecular weight excluding hydrogens is 356 g/mol. The quantitative estimate of drug-likeness (QED) is 0.599. The molecule has 0 aliphatic heterocycles. The maximum atomic E-state index is 10.8. The summed E-state index contributed by atoms with van der Waals surface area (Å²) in [4.78, 5) is 10.8.